The van der Waals surface area contributed by atoms with Crippen LogP contribution in [0, 0.1) is 10.1 Å². The van der Waals surface area contributed by atoms with E-state index in [0.29, 0.717) is 11.3 Å². The molecule has 0 aliphatic heterocycles. The molecule has 0 heterocycles. The Hall–Kier alpha value is -1.92. The molecular formula is C15H14BrNO4. The smallest absolute Gasteiger partial charge is 0.269 e. The van der Waals surface area contributed by atoms with Crippen LogP contribution in [0.5, 0.6) is 5.75 Å². The molecule has 21 heavy (non-hydrogen) atoms. The number of non-ortho nitro benzene ring substituents is 1. The maximum absolute atomic E-state index is 10.6. The summed E-state index contributed by atoms with van der Waals surface area (Å²) < 4.78 is 6.55. The fraction of sp³-hybridized carbons (Fsp3) is 0.200. The molecule has 0 radical (unpaired) electrons. The van der Waals surface area contributed by atoms with E-state index in [4.69, 9.17) is 4.74 Å². The van der Waals surface area contributed by atoms with E-state index in [9.17, 15) is 15.2 Å². The Kier molecular flexibility index (Phi) is 4.93. The predicted octanol–water partition coefficient (Wildman–Crippen LogP) is 3.99. The molecule has 0 unspecified atom stereocenters. The fourth-order valence-corrected chi connectivity index (χ4v) is 2.23. The van der Waals surface area contributed by atoms with Crippen LogP contribution in [0.1, 0.15) is 24.2 Å². The highest BCUT2D eigenvalue weighted by Crippen LogP contribution is 2.29. The Labute approximate surface area is 130 Å². The largest absolute Gasteiger partial charge is 0.489 e. The van der Waals surface area contributed by atoms with Gasteiger partial charge in [-0.25, -0.2) is 0 Å². The SMILES string of the molecule is C[C@H](O)c1cc(Br)ccc1OCc1ccc([N+](=O)[O-])cc1. The second kappa shape index (κ2) is 6.69. The standard InChI is InChI=1S/C15H14BrNO4/c1-10(18)14-8-12(16)4-7-15(14)21-9-11-2-5-13(6-3-11)17(19)20/h2-8,10,18H,9H2,1H3/t10-/m0/s1. The second-order valence-electron chi connectivity index (χ2n) is 4.57. The maximum Gasteiger partial charge on any atom is 0.269 e. The highest BCUT2D eigenvalue weighted by Gasteiger charge is 2.10. The van der Waals surface area contributed by atoms with Gasteiger partial charge >= 0.3 is 0 Å². The summed E-state index contributed by atoms with van der Waals surface area (Å²) in [6.45, 7) is 1.94. The molecule has 0 fully saturated rings. The molecule has 1 N–H and O–H groups in total. The topological polar surface area (TPSA) is 72.6 Å². The molecule has 0 bridgehead atoms. The van der Waals surface area contributed by atoms with E-state index in [-0.39, 0.29) is 12.3 Å². The molecule has 0 aromatic heterocycles. The summed E-state index contributed by atoms with van der Waals surface area (Å²) in [5, 5.41) is 20.3. The minimum Gasteiger partial charge on any atom is -0.489 e. The van der Waals surface area contributed by atoms with E-state index in [1.165, 1.54) is 12.1 Å². The van der Waals surface area contributed by atoms with E-state index >= 15 is 0 Å². The van der Waals surface area contributed by atoms with E-state index in [0.717, 1.165) is 10.0 Å². The van der Waals surface area contributed by atoms with Crippen molar-refractivity contribution in [3.05, 3.63) is 68.2 Å². The summed E-state index contributed by atoms with van der Waals surface area (Å²) in [5.74, 6) is 0.589. The van der Waals surface area contributed by atoms with E-state index in [1.807, 2.05) is 6.07 Å². The molecule has 0 spiro atoms. The van der Waals surface area contributed by atoms with Gasteiger partial charge in [-0.1, -0.05) is 15.9 Å². The molecule has 0 saturated carbocycles. The van der Waals surface area contributed by atoms with Crippen LogP contribution in [0.25, 0.3) is 0 Å². The number of hydrogen-bond donors (Lipinski definition) is 1. The lowest BCUT2D eigenvalue weighted by Gasteiger charge is -2.14. The Morgan fingerprint density at radius 3 is 2.52 bits per heavy atom. The number of halogens is 1. The first-order chi connectivity index (χ1) is 9.97. The normalized spacial score (nSPS) is 12.0. The lowest BCUT2D eigenvalue weighted by molar-refractivity contribution is -0.384. The molecule has 2 aromatic carbocycles. The van der Waals surface area contributed by atoms with Gasteiger partial charge in [-0.3, -0.25) is 10.1 Å². The third kappa shape index (κ3) is 4.03. The number of ether oxygens (including phenoxy) is 1. The van der Waals surface area contributed by atoms with E-state index in [1.54, 1.807) is 31.2 Å². The van der Waals surface area contributed by atoms with Crippen molar-refractivity contribution in [2.75, 3.05) is 0 Å². The molecular weight excluding hydrogens is 338 g/mol. The van der Waals surface area contributed by atoms with Crippen molar-refractivity contribution < 1.29 is 14.8 Å². The number of rotatable bonds is 5. The molecule has 2 rings (SSSR count). The van der Waals surface area contributed by atoms with Gasteiger partial charge in [0, 0.05) is 22.2 Å². The van der Waals surface area contributed by atoms with Crippen molar-refractivity contribution in [2.24, 2.45) is 0 Å². The van der Waals surface area contributed by atoms with Crippen LogP contribution in [0.4, 0.5) is 5.69 Å². The van der Waals surface area contributed by atoms with E-state index in [2.05, 4.69) is 15.9 Å². The zero-order chi connectivity index (χ0) is 15.4. The van der Waals surface area contributed by atoms with Gasteiger partial charge in [0.1, 0.15) is 12.4 Å². The number of hydrogen-bond acceptors (Lipinski definition) is 4. The van der Waals surface area contributed by atoms with Gasteiger partial charge < -0.3 is 9.84 Å². The summed E-state index contributed by atoms with van der Waals surface area (Å²) >= 11 is 3.35. The molecule has 6 heteroatoms. The van der Waals surface area contributed by atoms with Crippen LogP contribution in [0.3, 0.4) is 0 Å². The Bertz CT molecular complexity index is 641. The van der Waals surface area contributed by atoms with Crippen molar-refractivity contribution in [2.45, 2.75) is 19.6 Å². The molecule has 5 nitrogen and oxygen atoms in total. The average molecular weight is 352 g/mol. The molecule has 0 saturated heterocycles. The van der Waals surface area contributed by atoms with Crippen LogP contribution in [-0.4, -0.2) is 10.0 Å². The lowest BCUT2D eigenvalue weighted by atomic mass is 10.1. The number of nitro groups is 1. The minimum absolute atomic E-state index is 0.0482. The molecule has 0 amide bonds. The van der Waals surface area contributed by atoms with Gasteiger partial charge in [-0.15, -0.1) is 0 Å². The molecule has 0 aliphatic rings. The summed E-state index contributed by atoms with van der Waals surface area (Å²) in [6, 6.07) is 11.6. The first-order valence-electron chi connectivity index (χ1n) is 6.31. The average Bonchev–Trinajstić information content (AvgIpc) is 2.46. The van der Waals surface area contributed by atoms with Gasteiger partial charge in [-0.2, -0.15) is 0 Å². The quantitative estimate of drug-likeness (QED) is 0.652. The highest BCUT2D eigenvalue weighted by atomic mass is 79.9. The molecule has 1 atom stereocenters. The zero-order valence-electron chi connectivity index (χ0n) is 11.3. The Morgan fingerprint density at radius 1 is 1.29 bits per heavy atom. The maximum atomic E-state index is 10.6. The molecule has 2 aromatic rings. The van der Waals surface area contributed by atoms with Crippen LogP contribution < -0.4 is 4.74 Å². The monoisotopic (exact) mass is 351 g/mol. The number of aliphatic hydroxyl groups excluding tert-OH is 1. The third-order valence-electron chi connectivity index (χ3n) is 2.96. The number of aliphatic hydroxyl groups is 1. The van der Waals surface area contributed by atoms with Gasteiger partial charge in [-0.05, 0) is 42.8 Å². The first-order valence-corrected chi connectivity index (χ1v) is 7.10. The highest BCUT2D eigenvalue weighted by molar-refractivity contribution is 9.10. The summed E-state index contributed by atoms with van der Waals surface area (Å²) in [7, 11) is 0. The lowest BCUT2D eigenvalue weighted by Crippen LogP contribution is -2.01. The Morgan fingerprint density at radius 2 is 1.95 bits per heavy atom. The third-order valence-corrected chi connectivity index (χ3v) is 3.46. The molecule has 110 valence electrons. The van der Waals surface area contributed by atoms with Crippen LogP contribution in [0.2, 0.25) is 0 Å². The summed E-state index contributed by atoms with van der Waals surface area (Å²) in [6.07, 6.45) is -0.644. The number of benzene rings is 2. The van der Waals surface area contributed by atoms with Gasteiger partial charge in [0.05, 0.1) is 11.0 Å². The van der Waals surface area contributed by atoms with Gasteiger partial charge in [0.25, 0.3) is 5.69 Å². The number of nitro benzene ring substituents is 1. The number of nitrogens with zero attached hydrogens (tertiary/aromatic N) is 1. The zero-order valence-corrected chi connectivity index (χ0v) is 12.9. The van der Waals surface area contributed by atoms with Crippen molar-refractivity contribution in [3.63, 3.8) is 0 Å². The van der Waals surface area contributed by atoms with Crippen LogP contribution in [0.15, 0.2) is 46.9 Å². The van der Waals surface area contributed by atoms with E-state index < -0.39 is 11.0 Å². The predicted molar refractivity (Wildman–Crippen MR) is 82.2 cm³/mol. The van der Waals surface area contributed by atoms with Crippen molar-refractivity contribution in [1.29, 1.82) is 0 Å². The van der Waals surface area contributed by atoms with Crippen molar-refractivity contribution in [1.82, 2.24) is 0 Å². The van der Waals surface area contributed by atoms with Crippen molar-refractivity contribution in [3.8, 4) is 5.75 Å². The minimum atomic E-state index is -0.644. The summed E-state index contributed by atoms with van der Waals surface area (Å²) in [5.41, 5.74) is 1.55. The van der Waals surface area contributed by atoms with Gasteiger partial charge in [0.15, 0.2) is 0 Å². The van der Waals surface area contributed by atoms with Gasteiger partial charge in [0.2, 0.25) is 0 Å². The fourth-order valence-electron chi connectivity index (χ4n) is 1.85. The van der Waals surface area contributed by atoms with Crippen LogP contribution >= 0.6 is 15.9 Å². The Balaban J connectivity index is 2.11. The molecule has 0 aliphatic carbocycles. The first kappa shape index (κ1) is 15.5. The second-order valence-corrected chi connectivity index (χ2v) is 5.49. The van der Waals surface area contributed by atoms with Crippen molar-refractivity contribution >= 4 is 21.6 Å². The van der Waals surface area contributed by atoms with Crippen LogP contribution in [-0.2, 0) is 6.61 Å². The summed E-state index contributed by atoms with van der Waals surface area (Å²) in [4.78, 5) is 10.1.